The number of benzene rings is 1. The molecule has 4 rings (SSSR count). The van der Waals surface area contributed by atoms with Crippen LogP contribution in [0, 0.1) is 0 Å². The molecule has 2 aliphatic heterocycles. The molecule has 9 nitrogen and oxygen atoms in total. The maximum atomic E-state index is 12.9. The number of hydrogen-bond acceptors (Lipinski definition) is 7. The first kappa shape index (κ1) is 23.1. The monoisotopic (exact) mass is 457 g/mol. The molecule has 0 atom stereocenters. The van der Waals surface area contributed by atoms with E-state index >= 15 is 0 Å². The number of hydrogen-bond donors (Lipinski definition) is 0. The number of ether oxygens (including phenoxy) is 4. The van der Waals surface area contributed by atoms with Crippen molar-refractivity contribution in [2.24, 2.45) is 0 Å². The van der Waals surface area contributed by atoms with Crippen LogP contribution >= 0.6 is 0 Å². The fourth-order valence-corrected chi connectivity index (χ4v) is 4.39. The summed E-state index contributed by atoms with van der Waals surface area (Å²) in [4.78, 5) is 29.5. The van der Waals surface area contributed by atoms with Crippen molar-refractivity contribution in [3.05, 3.63) is 51.4 Å². The molecule has 0 radical (unpaired) electrons. The summed E-state index contributed by atoms with van der Waals surface area (Å²) in [5.74, 6) is 1.67. The topological polar surface area (TPSA) is 82.5 Å². The summed E-state index contributed by atoms with van der Waals surface area (Å²) in [7, 11) is 4.74. The molecule has 0 spiro atoms. The van der Waals surface area contributed by atoms with Crippen LogP contribution in [0.5, 0.6) is 17.2 Å². The number of carbonyl (C=O) groups excluding carboxylic acids is 1. The molecule has 3 heterocycles. The normalized spacial score (nSPS) is 16.3. The van der Waals surface area contributed by atoms with Crippen molar-refractivity contribution in [2.45, 2.75) is 26.1 Å². The van der Waals surface area contributed by atoms with Gasteiger partial charge in [-0.05, 0) is 29.7 Å². The molecule has 178 valence electrons. The lowest BCUT2D eigenvalue weighted by atomic mass is 9.98. The van der Waals surface area contributed by atoms with E-state index in [0.29, 0.717) is 45.1 Å². The van der Waals surface area contributed by atoms with Crippen molar-refractivity contribution in [1.82, 2.24) is 14.4 Å². The van der Waals surface area contributed by atoms with Gasteiger partial charge in [-0.1, -0.05) is 0 Å². The lowest BCUT2D eigenvalue weighted by Gasteiger charge is -2.31. The second kappa shape index (κ2) is 10.3. The molecule has 0 aliphatic carbocycles. The summed E-state index contributed by atoms with van der Waals surface area (Å²) in [6.07, 6.45) is 2.50. The number of carbonyl (C=O) groups is 1. The first-order valence-corrected chi connectivity index (χ1v) is 11.1. The summed E-state index contributed by atoms with van der Waals surface area (Å²) in [5, 5.41) is 0. The van der Waals surface area contributed by atoms with Crippen LogP contribution in [0.1, 0.15) is 16.8 Å². The maximum Gasteiger partial charge on any atom is 0.242 e. The van der Waals surface area contributed by atoms with E-state index in [0.717, 1.165) is 24.4 Å². The van der Waals surface area contributed by atoms with Gasteiger partial charge in [0.15, 0.2) is 17.2 Å². The van der Waals surface area contributed by atoms with E-state index < -0.39 is 0 Å². The lowest BCUT2D eigenvalue weighted by molar-refractivity contribution is -0.135. The molecule has 1 aromatic carbocycles. The number of pyridine rings is 1. The average molecular weight is 458 g/mol. The van der Waals surface area contributed by atoms with Crippen LogP contribution in [0.3, 0.4) is 0 Å². The lowest BCUT2D eigenvalue weighted by Crippen LogP contribution is -2.42. The highest BCUT2D eigenvalue weighted by Gasteiger charge is 2.23. The molecule has 1 aromatic heterocycles. The van der Waals surface area contributed by atoms with E-state index in [2.05, 4.69) is 4.90 Å². The smallest absolute Gasteiger partial charge is 0.242 e. The van der Waals surface area contributed by atoms with Gasteiger partial charge in [0.1, 0.15) is 6.54 Å². The zero-order valence-electron chi connectivity index (χ0n) is 19.5. The van der Waals surface area contributed by atoms with Crippen LogP contribution in [-0.2, 0) is 35.6 Å². The van der Waals surface area contributed by atoms with Crippen molar-refractivity contribution in [3.8, 4) is 17.2 Å². The Morgan fingerprint density at radius 1 is 0.939 bits per heavy atom. The largest absolute Gasteiger partial charge is 0.493 e. The van der Waals surface area contributed by atoms with E-state index in [1.165, 1.54) is 18.2 Å². The van der Waals surface area contributed by atoms with E-state index in [1.807, 2.05) is 16.7 Å². The average Bonchev–Trinajstić information content (AvgIpc) is 2.85. The minimum Gasteiger partial charge on any atom is -0.493 e. The van der Waals surface area contributed by atoms with Crippen molar-refractivity contribution < 1.29 is 23.7 Å². The fraction of sp³-hybridized carbons (Fsp3) is 0.500. The number of aromatic nitrogens is 1. The van der Waals surface area contributed by atoms with Gasteiger partial charge in [-0.3, -0.25) is 14.5 Å². The maximum absolute atomic E-state index is 12.9. The number of methoxy groups -OCH3 is 3. The number of amides is 1. The van der Waals surface area contributed by atoms with Crippen molar-refractivity contribution in [3.63, 3.8) is 0 Å². The standard InChI is InChI=1S/C24H31N3O6/c1-30-21-10-17-4-5-25(13-18(17)11-22(21)31-2)14-19-12-20(28)23(32-3)15-27(19)16-24(29)26-6-8-33-9-7-26/h10-12,15H,4-9,13-14,16H2,1-3H3. The summed E-state index contributed by atoms with van der Waals surface area (Å²) >= 11 is 0. The zero-order valence-corrected chi connectivity index (χ0v) is 19.5. The Morgan fingerprint density at radius 3 is 2.27 bits per heavy atom. The summed E-state index contributed by atoms with van der Waals surface area (Å²) in [6.45, 7) is 4.51. The third-order valence-electron chi connectivity index (χ3n) is 6.25. The molecular weight excluding hydrogens is 426 g/mol. The fourth-order valence-electron chi connectivity index (χ4n) is 4.39. The minimum absolute atomic E-state index is 0.00562. The highest BCUT2D eigenvalue weighted by molar-refractivity contribution is 5.76. The molecule has 1 fully saturated rings. The Labute approximate surface area is 193 Å². The Kier molecular flexibility index (Phi) is 7.20. The molecule has 0 unspecified atom stereocenters. The Bertz CT molecular complexity index is 1060. The van der Waals surface area contributed by atoms with Crippen LogP contribution in [0.25, 0.3) is 0 Å². The second-order valence-corrected chi connectivity index (χ2v) is 8.26. The molecule has 33 heavy (non-hydrogen) atoms. The second-order valence-electron chi connectivity index (χ2n) is 8.26. The van der Waals surface area contributed by atoms with Crippen molar-refractivity contribution in [1.29, 1.82) is 0 Å². The summed E-state index contributed by atoms with van der Waals surface area (Å²) in [5.41, 5.74) is 3.00. The van der Waals surface area contributed by atoms with Gasteiger partial charge in [0.25, 0.3) is 0 Å². The van der Waals surface area contributed by atoms with Crippen molar-refractivity contribution >= 4 is 5.91 Å². The number of rotatable bonds is 7. The van der Waals surface area contributed by atoms with Gasteiger partial charge >= 0.3 is 0 Å². The van der Waals surface area contributed by atoms with Crippen LogP contribution in [0.2, 0.25) is 0 Å². The number of nitrogens with zero attached hydrogens (tertiary/aromatic N) is 3. The third kappa shape index (κ3) is 5.15. The zero-order chi connectivity index (χ0) is 23.4. The molecule has 1 saturated heterocycles. The highest BCUT2D eigenvalue weighted by atomic mass is 16.5. The van der Waals surface area contributed by atoms with E-state index in [9.17, 15) is 9.59 Å². The molecule has 1 amide bonds. The molecule has 2 aliphatic rings. The highest BCUT2D eigenvalue weighted by Crippen LogP contribution is 2.33. The molecule has 0 bridgehead atoms. The molecular formula is C24H31N3O6. The number of morpholine rings is 1. The van der Waals surface area contributed by atoms with Crippen LogP contribution in [0.4, 0.5) is 0 Å². The summed E-state index contributed by atoms with van der Waals surface area (Å²) < 4.78 is 23.3. The Morgan fingerprint density at radius 2 is 1.61 bits per heavy atom. The molecule has 0 N–H and O–H groups in total. The van der Waals surface area contributed by atoms with Gasteiger partial charge in [-0.15, -0.1) is 0 Å². The Hall–Kier alpha value is -3.04. The SMILES string of the molecule is COc1cc2c(cc1OC)CN(Cc1cc(=O)c(OC)cn1CC(=O)N1CCOCC1)CC2. The number of fused-ring (bicyclic) bond motifs is 1. The van der Waals surface area contributed by atoms with Gasteiger partial charge < -0.3 is 28.4 Å². The predicted octanol–water partition coefficient (Wildman–Crippen LogP) is 1.29. The molecule has 9 heteroatoms. The predicted molar refractivity (Wildman–Crippen MR) is 122 cm³/mol. The van der Waals surface area contributed by atoms with Gasteiger partial charge in [0, 0.05) is 44.5 Å². The molecule has 0 saturated carbocycles. The van der Waals surface area contributed by atoms with Crippen LogP contribution < -0.4 is 19.6 Å². The quantitative estimate of drug-likeness (QED) is 0.620. The van der Waals surface area contributed by atoms with Gasteiger partial charge in [-0.25, -0.2) is 0 Å². The first-order chi connectivity index (χ1) is 16.0. The third-order valence-corrected chi connectivity index (χ3v) is 6.25. The van der Waals surface area contributed by atoms with Gasteiger partial charge in [-0.2, -0.15) is 0 Å². The first-order valence-electron chi connectivity index (χ1n) is 11.1. The van der Waals surface area contributed by atoms with E-state index in [-0.39, 0.29) is 23.6 Å². The van der Waals surface area contributed by atoms with E-state index in [4.69, 9.17) is 18.9 Å². The van der Waals surface area contributed by atoms with E-state index in [1.54, 1.807) is 31.4 Å². The van der Waals surface area contributed by atoms with Crippen LogP contribution in [0.15, 0.2) is 29.2 Å². The van der Waals surface area contributed by atoms with Gasteiger partial charge in [0.2, 0.25) is 11.3 Å². The minimum atomic E-state index is -0.189. The Balaban J connectivity index is 1.55. The van der Waals surface area contributed by atoms with Crippen LogP contribution in [-0.4, -0.2) is 74.5 Å². The molecule has 2 aromatic rings. The van der Waals surface area contributed by atoms with Gasteiger partial charge in [0.05, 0.1) is 40.7 Å². The summed E-state index contributed by atoms with van der Waals surface area (Å²) in [6, 6.07) is 5.63. The van der Waals surface area contributed by atoms with Crippen molar-refractivity contribution in [2.75, 3.05) is 54.2 Å².